The molecule has 2 atom stereocenters. The third-order valence-corrected chi connectivity index (χ3v) is 3.47. The summed E-state index contributed by atoms with van der Waals surface area (Å²) in [5, 5.41) is 3.39. The lowest BCUT2D eigenvalue weighted by molar-refractivity contribution is -0.00315. The molecule has 1 N–H and O–H groups in total. The number of hydrogen-bond acceptors (Lipinski definition) is 3. The van der Waals surface area contributed by atoms with Crippen LogP contribution in [0.25, 0.3) is 0 Å². The first kappa shape index (κ1) is 13.9. The van der Waals surface area contributed by atoms with E-state index in [0.717, 1.165) is 19.7 Å². The molecule has 0 saturated carbocycles. The summed E-state index contributed by atoms with van der Waals surface area (Å²) in [6.07, 6.45) is 4.27. The standard InChI is InChI=1S/C13H28N2O/c1-11(2)13(14-3)10-15(4)9-12-7-5-6-8-16-12/h11-14H,5-10H2,1-4H3. The molecule has 0 amide bonds. The van der Waals surface area contributed by atoms with Gasteiger partial charge in [-0.15, -0.1) is 0 Å². The van der Waals surface area contributed by atoms with Gasteiger partial charge in [-0.1, -0.05) is 13.8 Å². The molecule has 96 valence electrons. The Bertz CT molecular complexity index is 179. The van der Waals surface area contributed by atoms with Crippen molar-refractivity contribution in [1.29, 1.82) is 0 Å². The first-order chi connectivity index (χ1) is 7.63. The summed E-state index contributed by atoms with van der Waals surface area (Å²) >= 11 is 0. The fourth-order valence-corrected chi connectivity index (χ4v) is 2.34. The fraction of sp³-hybridized carbons (Fsp3) is 1.00. The lowest BCUT2D eigenvalue weighted by Gasteiger charge is -2.31. The minimum atomic E-state index is 0.461. The third-order valence-electron chi connectivity index (χ3n) is 3.47. The van der Waals surface area contributed by atoms with Crippen LogP contribution in [0.15, 0.2) is 0 Å². The second-order valence-corrected chi connectivity index (χ2v) is 5.35. The van der Waals surface area contributed by atoms with E-state index in [1.165, 1.54) is 19.3 Å². The van der Waals surface area contributed by atoms with Crippen LogP contribution in [0.3, 0.4) is 0 Å². The van der Waals surface area contributed by atoms with Crippen molar-refractivity contribution in [2.24, 2.45) is 5.92 Å². The van der Waals surface area contributed by atoms with Crippen LogP contribution in [0.4, 0.5) is 0 Å². The Labute approximate surface area is 101 Å². The maximum Gasteiger partial charge on any atom is 0.0701 e. The Hall–Kier alpha value is -0.120. The van der Waals surface area contributed by atoms with E-state index >= 15 is 0 Å². The minimum absolute atomic E-state index is 0.461. The van der Waals surface area contributed by atoms with Crippen molar-refractivity contribution in [2.75, 3.05) is 33.8 Å². The topological polar surface area (TPSA) is 24.5 Å². The predicted octanol–water partition coefficient (Wildman–Crippen LogP) is 1.73. The highest BCUT2D eigenvalue weighted by Crippen LogP contribution is 2.14. The Morgan fingerprint density at radius 3 is 2.62 bits per heavy atom. The van der Waals surface area contributed by atoms with E-state index in [4.69, 9.17) is 4.74 Å². The molecule has 0 spiro atoms. The number of likely N-dealkylation sites (N-methyl/N-ethyl adjacent to an activating group) is 2. The van der Waals surface area contributed by atoms with Gasteiger partial charge in [0.2, 0.25) is 0 Å². The van der Waals surface area contributed by atoms with E-state index in [1.54, 1.807) is 0 Å². The highest BCUT2D eigenvalue weighted by Gasteiger charge is 2.18. The molecule has 0 aromatic carbocycles. The van der Waals surface area contributed by atoms with Crippen LogP contribution < -0.4 is 5.32 Å². The van der Waals surface area contributed by atoms with Gasteiger partial charge in [0.25, 0.3) is 0 Å². The molecule has 0 bridgehead atoms. The Morgan fingerprint density at radius 2 is 2.12 bits per heavy atom. The molecule has 0 aliphatic carbocycles. The van der Waals surface area contributed by atoms with E-state index in [0.29, 0.717) is 18.1 Å². The second-order valence-electron chi connectivity index (χ2n) is 5.35. The van der Waals surface area contributed by atoms with Crippen LogP contribution in [-0.4, -0.2) is 50.8 Å². The maximum atomic E-state index is 5.76. The zero-order valence-electron chi connectivity index (χ0n) is 11.3. The molecular weight excluding hydrogens is 200 g/mol. The van der Waals surface area contributed by atoms with Gasteiger partial charge in [0.1, 0.15) is 0 Å². The average Bonchev–Trinajstić information content (AvgIpc) is 2.27. The van der Waals surface area contributed by atoms with Gasteiger partial charge in [-0.25, -0.2) is 0 Å². The lowest BCUT2D eigenvalue weighted by Crippen LogP contribution is -2.44. The van der Waals surface area contributed by atoms with Crippen molar-refractivity contribution < 1.29 is 4.74 Å². The van der Waals surface area contributed by atoms with Gasteiger partial charge in [0.05, 0.1) is 6.10 Å². The maximum absolute atomic E-state index is 5.76. The van der Waals surface area contributed by atoms with Gasteiger partial charge in [-0.05, 0) is 39.3 Å². The quantitative estimate of drug-likeness (QED) is 0.749. The first-order valence-electron chi connectivity index (χ1n) is 6.61. The van der Waals surface area contributed by atoms with Crippen LogP contribution >= 0.6 is 0 Å². The molecule has 1 fully saturated rings. The van der Waals surface area contributed by atoms with Crippen molar-refractivity contribution in [3.63, 3.8) is 0 Å². The Morgan fingerprint density at radius 1 is 1.38 bits per heavy atom. The lowest BCUT2D eigenvalue weighted by atomic mass is 10.0. The fourth-order valence-electron chi connectivity index (χ4n) is 2.34. The normalized spacial score (nSPS) is 24.0. The molecule has 1 aliphatic heterocycles. The molecular formula is C13H28N2O. The van der Waals surface area contributed by atoms with E-state index in [2.05, 4.69) is 38.2 Å². The zero-order chi connectivity index (χ0) is 12.0. The van der Waals surface area contributed by atoms with Crippen LogP contribution in [0.2, 0.25) is 0 Å². The summed E-state index contributed by atoms with van der Waals surface area (Å²) in [4.78, 5) is 2.40. The summed E-state index contributed by atoms with van der Waals surface area (Å²) in [7, 11) is 4.25. The van der Waals surface area contributed by atoms with Crippen molar-refractivity contribution in [3.8, 4) is 0 Å². The zero-order valence-corrected chi connectivity index (χ0v) is 11.3. The van der Waals surface area contributed by atoms with Gasteiger partial charge in [-0.2, -0.15) is 0 Å². The molecule has 1 saturated heterocycles. The highest BCUT2D eigenvalue weighted by atomic mass is 16.5. The van der Waals surface area contributed by atoms with Gasteiger partial charge in [0, 0.05) is 25.7 Å². The van der Waals surface area contributed by atoms with Crippen LogP contribution in [0, 0.1) is 5.92 Å². The summed E-state index contributed by atoms with van der Waals surface area (Å²) in [5.41, 5.74) is 0. The summed E-state index contributed by atoms with van der Waals surface area (Å²) in [5.74, 6) is 0.680. The molecule has 0 aromatic rings. The Balaban J connectivity index is 2.25. The van der Waals surface area contributed by atoms with Gasteiger partial charge < -0.3 is 15.0 Å². The Kier molecular flexibility index (Phi) is 6.32. The molecule has 1 rings (SSSR count). The van der Waals surface area contributed by atoms with Crippen molar-refractivity contribution >= 4 is 0 Å². The van der Waals surface area contributed by atoms with Crippen LogP contribution in [-0.2, 0) is 4.74 Å². The van der Waals surface area contributed by atoms with E-state index < -0.39 is 0 Å². The van der Waals surface area contributed by atoms with Crippen LogP contribution in [0.1, 0.15) is 33.1 Å². The molecule has 0 aromatic heterocycles. The molecule has 3 nitrogen and oxygen atoms in total. The number of nitrogens with one attached hydrogen (secondary N) is 1. The predicted molar refractivity (Wildman–Crippen MR) is 68.8 cm³/mol. The molecule has 1 heterocycles. The number of ether oxygens (including phenoxy) is 1. The van der Waals surface area contributed by atoms with Gasteiger partial charge >= 0.3 is 0 Å². The van der Waals surface area contributed by atoms with Crippen molar-refractivity contribution in [2.45, 2.75) is 45.3 Å². The SMILES string of the molecule is CNC(CN(C)CC1CCCCO1)C(C)C. The van der Waals surface area contributed by atoms with Crippen molar-refractivity contribution in [3.05, 3.63) is 0 Å². The van der Waals surface area contributed by atoms with Gasteiger partial charge in [0.15, 0.2) is 0 Å². The number of nitrogens with zero attached hydrogens (tertiary/aromatic N) is 1. The molecule has 16 heavy (non-hydrogen) atoms. The number of hydrogen-bond donors (Lipinski definition) is 1. The molecule has 1 aliphatic rings. The average molecular weight is 228 g/mol. The second kappa shape index (κ2) is 7.25. The van der Waals surface area contributed by atoms with Crippen molar-refractivity contribution in [1.82, 2.24) is 10.2 Å². The smallest absolute Gasteiger partial charge is 0.0701 e. The monoisotopic (exact) mass is 228 g/mol. The highest BCUT2D eigenvalue weighted by molar-refractivity contribution is 4.75. The first-order valence-corrected chi connectivity index (χ1v) is 6.61. The molecule has 2 unspecified atom stereocenters. The summed E-state index contributed by atoms with van der Waals surface area (Å²) < 4.78 is 5.76. The van der Waals surface area contributed by atoms with Gasteiger partial charge in [-0.3, -0.25) is 0 Å². The van der Waals surface area contributed by atoms with E-state index in [1.807, 2.05) is 0 Å². The van der Waals surface area contributed by atoms with E-state index in [9.17, 15) is 0 Å². The third kappa shape index (κ3) is 4.81. The molecule has 3 heteroatoms. The summed E-state index contributed by atoms with van der Waals surface area (Å²) in [6, 6.07) is 0.577. The number of rotatable bonds is 6. The van der Waals surface area contributed by atoms with E-state index in [-0.39, 0.29) is 0 Å². The summed E-state index contributed by atoms with van der Waals surface area (Å²) in [6.45, 7) is 7.68. The minimum Gasteiger partial charge on any atom is -0.377 e. The largest absolute Gasteiger partial charge is 0.377 e. The molecule has 0 radical (unpaired) electrons. The van der Waals surface area contributed by atoms with Crippen LogP contribution in [0.5, 0.6) is 0 Å².